The molecule has 0 aliphatic heterocycles. The maximum absolute atomic E-state index is 5.92. The van der Waals surface area contributed by atoms with E-state index in [1.54, 1.807) is 7.11 Å². The average Bonchev–Trinajstić information content (AvgIpc) is 2.67. The van der Waals surface area contributed by atoms with Gasteiger partial charge in [0.2, 0.25) is 5.95 Å². The van der Waals surface area contributed by atoms with Crippen LogP contribution in [0, 0.1) is 6.92 Å². The van der Waals surface area contributed by atoms with Crippen molar-refractivity contribution in [2.24, 2.45) is 0 Å². The van der Waals surface area contributed by atoms with E-state index in [2.05, 4.69) is 26.7 Å². The Bertz CT molecular complexity index is 884. The van der Waals surface area contributed by atoms with Crippen molar-refractivity contribution in [3.8, 4) is 5.75 Å². The minimum atomic E-state index is 0.622. The molecule has 0 spiro atoms. The Morgan fingerprint density at radius 1 is 0.963 bits per heavy atom. The van der Waals surface area contributed by atoms with Crippen LogP contribution in [0.2, 0.25) is 5.02 Å². The predicted molar refractivity (Wildman–Crippen MR) is 111 cm³/mol. The van der Waals surface area contributed by atoms with E-state index < -0.39 is 0 Å². The zero-order chi connectivity index (χ0) is 19.1. The van der Waals surface area contributed by atoms with Crippen LogP contribution in [0.3, 0.4) is 0 Å². The van der Waals surface area contributed by atoms with Crippen LogP contribution in [-0.2, 0) is 13.0 Å². The van der Waals surface area contributed by atoms with Gasteiger partial charge in [0.15, 0.2) is 0 Å². The number of hydrogen-bond donors (Lipinski definition) is 2. The highest BCUT2D eigenvalue weighted by Crippen LogP contribution is 2.15. The molecule has 0 bridgehead atoms. The molecule has 0 unspecified atom stereocenters. The van der Waals surface area contributed by atoms with Crippen molar-refractivity contribution >= 4 is 23.4 Å². The van der Waals surface area contributed by atoms with E-state index in [0.29, 0.717) is 12.5 Å². The molecule has 2 N–H and O–H groups in total. The number of anilines is 2. The van der Waals surface area contributed by atoms with E-state index in [0.717, 1.165) is 40.8 Å². The number of aromatic nitrogens is 2. The summed E-state index contributed by atoms with van der Waals surface area (Å²) in [5, 5.41) is 7.37. The van der Waals surface area contributed by atoms with E-state index in [-0.39, 0.29) is 0 Å². The quantitative estimate of drug-likeness (QED) is 0.590. The Morgan fingerprint density at radius 3 is 2.56 bits per heavy atom. The standard InChI is InChI=1S/C21H23ClN4O/c1-15-12-20(24-14-17-6-8-18(22)9-7-17)26-21(25-15)23-11-10-16-4-3-5-19(13-16)27-2/h3-9,12-13H,10-11,14H2,1-2H3,(H2,23,24,25,26). The predicted octanol–water partition coefficient (Wildman–Crippen LogP) is 4.71. The van der Waals surface area contributed by atoms with Gasteiger partial charge in [-0.25, -0.2) is 4.98 Å². The van der Waals surface area contributed by atoms with Crippen molar-refractivity contribution in [3.05, 3.63) is 76.4 Å². The third kappa shape index (κ3) is 5.86. The number of rotatable bonds is 8. The van der Waals surface area contributed by atoms with Crippen LogP contribution in [0.4, 0.5) is 11.8 Å². The van der Waals surface area contributed by atoms with Crippen LogP contribution in [0.25, 0.3) is 0 Å². The SMILES string of the molecule is COc1cccc(CCNc2nc(C)cc(NCc3ccc(Cl)cc3)n2)c1. The van der Waals surface area contributed by atoms with Crippen LogP contribution >= 0.6 is 11.6 Å². The van der Waals surface area contributed by atoms with E-state index in [4.69, 9.17) is 16.3 Å². The molecule has 0 saturated carbocycles. The van der Waals surface area contributed by atoms with Crippen LogP contribution < -0.4 is 15.4 Å². The number of benzene rings is 2. The summed E-state index contributed by atoms with van der Waals surface area (Å²) in [5.74, 6) is 2.28. The lowest BCUT2D eigenvalue weighted by molar-refractivity contribution is 0.414. The topological polar surface area (TPSA) is 59.1 Å². The third-order valence-corrected chi connectivity index (χ3v) is 4.32. The molecule has 5 nitrogen and oxygen atoms in total. The minimum Gasteiger partial charge on any atom is -0.497 e. The van der Waals surface area contributed by atoms with Crippen LogP contribution in [0.1, 0.15) is 16.8 Å². The molecule has 0 atom stereocenters. The second kappa shape index (κ2) is 9.24. The molecule has 0 radical (unpaired) electrons. The molecule has 0 fully saturated rings. The molecule has 3 rings (SSSR count). The van der Waals surface area contributed by atoms with Crippen LogP contribution in [0.5, 0.6) is 5.75 Å². The van der Waals surface area contributed by atoms with Crippen molar-refractivity contribution in [2.75, 3.05) is 24.3 Å². The van der Waals surface area contributed by atoms with Crippen molar-refractivity contribution in [2.45, 2.75) is 19.9 Å². The van der Waals surface area contributed by atoms with Gasteiger partial charge in [-0.3, -0.25) is 0 Å². The fourth-order valence-corrected chi connectivity index (χ4v) is 2.81. The molecule has 0 amide bonds. The van der Waals surface area contributed by atoms with Crippen molar-refractivity contribution in [3.63, 3.8) is 0 Å². The number of halogens is 1. The molecule has 0 saturated heterocycles. The zero-order valence-corrected chi connectivity index (χ0v) is 16.3. The van der Waals surface area contributed by atoms with Gasteiger partial charge in [-0.2, -0.15) is 4.98 Å². The molecular weight excluding hydrogens is 360 g/mol. The Balaban J connectivity index is 1.56. The summed E-state index contributed by atoms with van der Waals surface area (Å²) >= 11 is 5.92. The summed E-state index contributed by atoms with van der Waals surface area (Å²) in [6.07, 6.45) is 0.863. The Hall–Kier alpha value is -2.79. The summed E-state index contributed by atoms with van der Waals surface area (Å²) in [4.78, 5) is 9.01. The molecule has 1 heterocycles. The van der Waals surface area contributed by atoms with Gasteiger partial charge < -0.3 is 15.4 Å². The average molecular weight is 383 g/mol. The number of aryl methyl sites for hydroxylation is 1. The first-order chi connectivity index (χ1) is 13.1. The number of nitrogens with zero attached hydrogens (tertiary/aromatic N) is 2. The van der Waals surface area contributed by atoms with E-state index in [9.17, 15) is 0 Å². The van der Waals surface area contributed by atoms with Gasteiger partial charge in [0, 0.05) is 29.9 Å². The van der Waals surface area contributed by atoms with E-state index in [1.807, 2.05) is 55.5 Å². The first-order valence-electron chi connectivity index (χ1n) is 8.83. The van der Waals surface area contributed by atoms with Gasteiger partial charge in [-0.05, 0) is 48.7 Å². The van der Waals surface area contributed by atoms with Crippen LogP contribution in [0.15, 0.2) is 54.6 Å². The number of hydrogen-bond acceptors (Lipinski definition) is 5. The molecule has 1 aromatic heterocycles. The maximum atomic E-state index is 5.92. The molecule has 0 aliphatic carbocycles. The summed E-state index contributed by atoms with van der Waals surface area (Å²) in [6, 6.07) is 17.8. The Kier molecular flexibility index (Phi) is 6.49. The smallest absolute Gasteiger partial charge is 0.224 e. The number of ether oxygens (including phenoxy) is 1. The molecule has 2 aromatic carbocycles. The molecule has 6 heteroatoms. The fraction of sp³-hybridized carbons (Fsp3) is 0.238. The molecule has 3 aromatic rings. The summed E-state index contributed by atoms with van der Waals surface area (Å²) in [6.45, 7) is 3.38. The third-order valence-electron chi connectivity index (χ3n) is 4.07. The molecular formula is C21H23ClN4O. The second-order valence-electron chi connectivity index (χ2n) is 6.23. The number of nitrogens with one attached hydrogen (secondary N) is 2. The summed E-state index contributed by atoms with van der Waals surface area (Å²) < 4.78 is 5.26. The van der Waals surface area contributed by atoms with Gasteiger partial charge >= 0.3 is 0 Å². The monoisotopic (exact) mass is 382 g/mol. The minimum absolute atomic E-state index is 0.622. The lowest BCUT2D eigenvalue weighted by atomic mass is 10.1. The van der Waals surface area contributed by atoms with Crippen LogP contribution in [-0.4, -0.2) is 23.6 Å². The zero-order valence-electron chi connectivity index (χ0n) is 15.5. The van der Waals surface area contributed by atoms with E-state index in [1.165, 1.54) is 5.56 Å². The van der Waals surface area contributed by atoms with Gasteiger partial charge in [0.25, 0.3) is 0 Å². The lowest BCUT2D eigenvalue weighted by Crippen LogP contribution is -2.10. The summed E-state index contributed by atoms with van der Waals surface area (Å²) in [7, 11) is 1.68. The lowest BCUT2D eigenvalue weighted by Gasteiger charge is -2.10. The molecule has 0 aliphatic rings. The number of methoxy groups -OCH3 is 1. The van der Waals surface area contributed by atoms with Crippen molar-refractivity contribution in [1.82, 2.24) is 9.97 Å². The maximum Gasteiger partial charge on any atom is 0.224 e. The van der Waals surface area contributed by atoms with Crippen molar-refractivity contribution in [1.29, 1.82) is 0 Å². The van der Waals surface area contributed by atoms with Gasteiger partial charge in [-0.15, -0.1) is 0 Å². The first-order valence-corrected chi connectivity index (χ1v) is 9.21. The highest BCUT2D eigenvalue weighted by molar-refractivity contribution is 6.30. The van der Waals surface area contributed by atoms with Gasteiger partial charge in [-0.1, -0.05) is 35.9 Å². The van der Waals surface area contributed by atoms with Gasteiger partial charge in [0.05, 0.1) is 7.11 Å². The normalized spacial score (nSPS) is 10.5. The van der Waals surface area contributed by atoms with E-state index >= 15 is 0 Å². The highest BCUT2D eigenvalue weighted by Gasteiger charge is 2.03. The van der Waals surface area contributed by atoms with Gasteiger partial charge in [0.1, 0.15) is 11.6 Å². The second-order valence-corrected chi connectivity index (χ2v) is 6.66. The Labute approximate surface area is 164 Å². The highest BCUT2D eigenvalue weighted by atomic mass is 35.5. The summed E-state index contributed by atoms with van der Waals surface area (Å²) in [5.41, 5.74) is 3.26. The molecule has 140 valence electrons. The largest absolute Gasteiger partial charge is 0.497 e. The van der Waals surface area contributed by atoms with Crippen molar-refractivity contribution < 1.29 is 4.74 Å². The fourth-order valence-electron chi connectivity index (χ4n) is 2.68. The molecule has 27 heavy (non-hydrogen) atoms. The first kappa shape index (κ1) is 19.0. The Morgan fingerprint density at radius 2 is 1.78 bits per heavy atom.